The predicted molar refractivity (Wildman–Crippen MR) is 121 cm³/mol. The maximum atomic E-state index is 12.4. The van der Waals surface area contributed by atoms with Crippen LogP contribution in [0.1, 0.15) is 33.1 Å². The highest BCUT2D eigenvalue weighted by atomic mass is 35.5. The van der Waals surface area contributed by atoms with E-state index in [1.165, 1.54) is 0 Å². The number of hydrazone groups is 1. The predicted octanol–water partition coefficient (Wildman–Crippen LogP) is 6.22. The van der Waals surface area contributed by atoms with Crippen molar-refractivity contribution in [1.29, 1.82) is 0 Å². The van der Waals surface area contributed by atoms with E-state index in [2.05, 4.69) is 15.1 Å². The number of aryl methyl sites for hydroxylation is 1. The summed E-state index contributed by atoms with van der Waals surface area (Å²) in [6.45, 7) is 6.01. The molecule has 0 aliphatic carbocycles. The summed E-state index contributed by atoms with van der Waals surface area (Å²) in [5, 5.41) is 6.16. The van der Waals surface area contributed by atoms with E-state index >= 15 is 0 Å². The average Bonchev–Trinajstić information content (AvgIpc) is 3.25. The summed E-state index contributed by atoms with van der Waals surface area (Å²) in [6, 6.07) is 14.7. The van der Waals surface area contributed by atoms with E-state index in [1.54, 1.807) is 30.5 Å². The fraction of sp³-hybridized carbons (Fsp3) is 0.130. The van der Waals surface area contributed by atoms with E-state index in [0.717, 1.165) is 38.6 Å². The van der Waals surface area contributed by atoms with Crippen LogP contribution < -0.4 is 5.43 Å². The molecule has 4 aromatic rings. The lowest BCUT2D eigenvalue weighted by Gasteiger charge is -2.13. The van der Waals surface area contributed by atoms with Gasteiger partial charge in [0.25, 0.3) is 0 Å². The van der Waals surface area contributed by atoms with Crippen LogP contribution in [0.25, 0.3) is 16.7 Å². The Morgan fingerprint density at radius 1 is 1.10 bits per heavy atom. The number of rotatable bonds is 4. The van der Waals surface area contributed by atoms with Gasteiger partial charge in [0.1, 0.15) is 5.58 Å². The maximum Gasteiger partial charge on any atom is 0.307 e. The third kappa shape index (κ3) is 3.74. The van der Waals surface area contributed by atoms with E-state index in [9.17, 15) is 4.79 Å². The number of nitrogens with one attached hydrogen (secondary N) is 1. The SMILES string of the molecule is Cc1c(Cl)cccc1-n1c(C)cc(/C=N/NC(=O)c2cc3cc(Cl)ccc3o2)c1C. The lowest BCUT2D eigenvalue weighted by molar-refractivity contribution is 0.0929. The number of hydrogen-bond donors (Lipinski definition) is 1. The fourth-order valence-electron chi connectivity index (χ4n) is 3.47. The first-order valence-corrected chi connectivity index (χ1v) is 10.1. The molecule has 0 spiro atoms. The second-order valence-corrected chi connectivity index (χ2v) is 7.88. The number of fused-ring (bicyclic) bond motifs is 1. The van der Waals surface area contributed by atoms with Crippen molar-refractivity contribution in [3.8, 4) is 5.69 Å². The lowest BCUT2D eigenvalue weighted by Crippen LogP contribution is -2.16. The topological polar surface area (TPSA) is 59.5 Å². The fourth-order valence-corrected chi connectivity index (χ4v) is 3.82. The molecule has 1 N–H and O–H groups in total. The second-order valence-electron chi connectivity index (χ2n) is 7.04. The summed E-state index contributed by atoms with van der Waals surface area (Å²) in [4.78, 5) is 12.4. The number of halogens is 2. The molecule has 5 nitrogen and oxygen atoms in total. The van der Waals surface area contributed by atoms with Crippen molar-refractivity contribution in [2.75, 3.05) is 0 Å². The van der Waals surface area contributed by atoms with Crippen molar-refractivity contribution in [2.24, 2.45) is 5.10 Å². The van der Waals surface area contributed by atoms with Crippen molar-refractivity contribution in [1.82, 2.24) is 9.99 Å². The molecule has 2 aromatic carbocycles. The molecular weight excluding hydrogens is 421 g/mol. The Kier molecular flexibility index (Phi) is 5.41. The van der Waals surface area contributed by atoms with Gasteiger partial charge in [0.05, 0.1) is 6.21 Å². The van der Waals surface area contributed by atoms with Gasteiger partial charge in [0, 0.05) is 38.1 Å². The number of furan rings is 1. The van der Waals surface area contributed by atoms with Gasteiger partial charge in [-0.3, -0.25) is 4.79 Å². The van der Waals surface area contributed by atoms with Crippen LogP contribution in [0.15, 0.2) is 58.0 Å². The highest BCUT2D eigenvalue weighted by molar-refractivity contribution is 6.31. The number of amides is 1. The van der Waals surface area contributed by atoms with E-state index in [0.29, 0.717) is 10.6 Å². The molecule has 2 aromatic heterocycles. The van der Waals surface area contributed by atoms with Crippen molar-refractivity contribution < 1.29 is 9.21 Å². The molecule has 0 aliphatic heterocycles. The van der Waals surface area contributed by atoms with Gasteiger partial charge in [-0.2, -0.15) is 5.10 Å². The summed E-state index contributed by atoms with van der Waals surface area (Å²) in [7, 11) is 0. The highest BCUT2D eigenvalue weighted by Gasteiger charge is 2.14. The normalized spacial score (nSPS) is 11.5. The summed E-state index contributed by atoms with van der Waals surface area (Å²) < 4.78 is 7.67. The first-order chi connectivity index (χ1) is 14.3. The molecule has 2 heterocycles. The number of nitrogens with zero attached hydrogens (tertiary/aromatic N) is 2. The van der Waals surface area contributed by atoms with E-state index in [-0.39, 0.29) is 5.76 Å². The molecule has 30 heavy (non-hydrogen) atoms. The molecule has 0 saturated carbocycles. The Bertz CT molecular complexity index is 1300. The van der Waals surface area contributed by atoms with Gasteiger partial charge < -0.3 is 8.98 Å². The Morgan fingerprint density at radius 3 is 2.70 bits per heavy atom. The summed E-state index contributed by atoms with van der Waals surface area (Å²) in [5.74, 6) is -0.262. The molecule has 1 amide bonds. The molecule has 7 heteroatoms. The summed E-state index contributed by atoms with van der Waals surface area (Å²) in [6.07, 6.45) is 1.62. The molecule has 0 radical (unpaired) electrons. The van der Waals surface area contributed by atoms with Crippen molar-refractivity contribution in [3.05, 3.63) is 86.9 Å². The maximum absolute atomic E-state index is 12.4. The van der Waals surface area contributed by atoms with Crippen LogP contribution in [-0.2, 0) is 0 Å². The number of carbonyl (C=O) groups is 1. The summed E-state index contributed by atoms with van der Waals surface area (Å²) >= 11 is 12.3. The number of hydrogen-bond acceptors (Lipinski definition) is 3. The largest absolute Gasteiger partial charge is 0.451 e. The quantitative estimate of drug-likeness (QED) is 0.303. The van der Waals surface area contributed by atoms with Crippen molar-refractivity contribution >= 4 is 46.3 Å². The van der Waals surface area contributed by atoms with Gasteiger partial charge in [0.2, 0.25) is 0 Å². The third-order valence-corrected chi connectivity index (χ3v) is 5.67. The second kappa shape index (κ2) is 8.01. The Hall–Kier alpha value is -3.02. The zero-order valence-corrected chi connectivity index (χ0v) is 18.2. The van der Waals surface area contributed by atoms with Crippen LogP contribution >= 0.6 is 23.2 Å². The van der Waals surface area contributed by atoms with Crippen LogP contribution in [-0.4, -0.2) is 16.7 Å². The van der Waals surface area contributed by atoms with E-state index < -0.39 is 5.91 Å². The van der Waals surface area contributed by atoms with Crippen LogP contribution in [0.5, 0.6) is 0 Å². The molecule has 0 atom stereocenters. The molecule has 0 saturated heterocycles. The minimum Gasteiger partial charge on any atom is -0.451 e. The number of benzene rings is 2. The molecular formula is C23H19Cl2N3O2. The standard InChI is InChI=1S/C23H19Cl2N3O2/c1-13-9-17(15(3)28(13)20-6-4-5-19(25)14(20)2)12-26-27-23(29)22-11-16-10-18(24)7-8-21(16)30-22/h4-12H,1-3H3,(H,27,29)/b26-12+. The average molecular weight is 440 g/mol. The van der Waals surface area contributed by atoms with Gasteiger partial charge in [-0.25, -0.2) is 5.43 Å². The first-order valence-electron chi connectivity index (χ1n) is 9.32. The first kappa shape index (κ1) is 20.3. The minimum absolute atomic E-state index is 0.171. The van der Waals surface area contributed by atoms with Gasteiger partial charge in [0.15, 0.2) is 5.76 Å². The van der Waals surface area contributed by atoms with Crippen molar-refractivity contribution in [2.45, 2.75) is 20.8 Å². The lowest BCUT2D eigenvalue weighted by atomic mass is 10.2. The Morgan fingerprint density at radius 2 is 1.90 bits per heavy atom. The van der Waals surface area contributed by atoms with Gasteiger partial charge in [-0.05, 0) is 68.8 Å². The molecule has 4 rings (SSSR count). The minimum atomic E-state index is -0.432. The number of aromatic nitrogens is 1. The van der Waals surface area contributed by atoms with Gasteiger partial charge in [-0.15, -0.1) is 0 Å². The molecule has 0 unspecified atom stereocenters. The molecule has 0 fully saturated rings. The van der Waals surface area contributed by atoms with Crippen LogP contribution in [0.3, 0.4) is 0 Å². The third-order valence-electron chi connectivity index (χ3n) is 5.02. The van der Waals surface area contributed by atoms with Crippen molar-refractivity contribution in [3.63, 3.8) is 0 Å². The molecule has 0 bridgehead atoms. The van der Waals surface area contributed by atoms with Crippen LogP contribution in [0.2, 0.25) is 10.0 Å². The molecule has 0 aliphatic rings. The Labute approximate surface area is 183 Å². The zero-order chi connectivity index (χ0) is 21.4. The smallest absolute Gasteiger partial charge is 0.307 e. The van der Waals surface area contributed by atoms with Crippen LogP contribution in [0, 0.1) is 20.8 Å². The highest BCUT2D eigenvalue weighted by Crippen LogP contribution is 2.27. The van der Waals surface area contributed by atoms with Gasteiger partial charge in [-0.1, -0.05) is 29.3 Å². The summed E-state index contributed by atoms with van der Waals surface area (Å²) in [5.41, 5.74) is 8.05. The monoisotopic (exact) mass is 439 g/mol. The Balaban J connectivity index is 1.55. The van der Waals surface area contributed by atoms with E-state index in [1.807, 2.05) is 45.0 Å². The number of carbonyl (C=O) groups excluding carboxylic acids is 1. The van der Waals surface area contributed by atoms with Gasteiger partial charge >= 0.3 is 5.91 Å². The van der Waals surface area contributed by atoms with Crippen LogP contribution in [0.4, 0.5) is 0 Å². The molecule has 152 valence electrons. The zero-order valence-electron chi connectivity index (χ0n) is 16.7. The van der Waals surface area contributed by atoms with E-state index in [4.69, 9.17) is 27.6 Å².